The Balaban J connectivity index is 1.71. The predicted octanol–water partition coefficient (Wildman–Crippen LogP) is 3.35. The first-order chi connectivity index (χ1) is 13.8. The monoisotopic (exact) mass is 421 g/mol. The van der Waals surface area contributed by atoms with Crippen LogP contribution in [0.1, 0.15) is 33.3 Å². The van der Waals surface area contributed by atoms with Gasteiger partial charge in [0.2, 0.25) is 0 Å². The van der Waals surface area contributed by atoms with E-state index in [0.717, 1.165) is 37.0 Å². The van der Waals surface area contributed by atoms with E-state index < -0.39 is 0 Å². The molecule has 0 aliphatic carbocycles. The minimum atomic E-state index is 0.104. The molecule has 2 rings (SSSR count). The highest BCUT2D eigenvalue weighted by molar-refractivity contribution is 6.30. The second kappa shape index (κ2) is 11.8. The van der Waals surface area contributed by atoms with Crippen LogP contribution >= 0.6 is 11.6 Å². The molecule has 0 bridgehead atoms. The molecular weight excluding hydrogens is 382 g/mol. The van der Waals surface area contributed by atoms with E-state index in [1.807, 2.05) is 19.2 Å². The van der Waals surface area contributed by atoms with Crippen LogP contribution in [0.3, 0.4) is 0 Å². The number of likely N-dealkylation sites (N-methyl/N-ethyl adjacent to an activating group) is 1. The van der Waals surface area contributed by atoms with Crippen LogP contribution in [-0.4, -0.2) is 75.2 Å². The Morgan fingerprint density at radius 3 is 2.48 bits per heavy atom. The lowest BCUT2D eigenvalue weighted by Gasteiger charge is -2.35. The molecule has 1 heterocycles. The fourth-order valence-corrected chi connectivity index (χ4v) is 4.08. The average Bonchev–Trinajstić information content (AvgIpc) is 2.68. The Labute approximate surface area is 182 Å². The fraction of sp³-hybridized carbons (Fsp3) is 0.696. The smallest absolute Gasteiger partial charge is 0.191 e. The van der Waals surface area contributed by atoms with Crippen molar-refractivity contribution in [3.8, 4) is 0 Å². The summed E-state index contributed by atoms with van der Waals surface area (Å²) in [6.07, 6.45) is 0.970. The number of nitrogens with one attached hydrogen (secondary N) is 2. The number of benzene rings is 1. The average molecular weight is 422 g/mol. The zero-order valence-corrected chi connectivity index (χ0v) is 19.7. The van der Waals surface area contributed by atoms with Crippen molar-refractivity contribution in [1.82, 2.24) is 20.4 Å². The van der Waals surface area contributed by atoms with Crippen molar-refractivity contribution >= 4 is 17.6 Å². The van der Waals surface area contributed by atoms with Crippen LogP contribution in [0.5, 0.6) is 0 Å². The molecule has 1 unspecified atom stereocenters. The van der Waals surface area contributed by atoms with Gasteiger partial charge in [-0.1, -0.05) is 51.4 Å². The number of hydrogen-bond acceptors (Lipinski definition) is 3. The van der Waals surface area contributed by atoms with Crippen LogP contribution in [0, 0.1) is 11.3 Å². The maximum absolute atomic E-state index is 6.13. The number of aliphatic imine (C=N–C) groups is 1. The van der Waals surface area contributed by atoms with Gasteiger partial charge in [-0.15, -0.1) is 0 Å². The molecule has 6 heteroatoms. The van der Waals surface area contributed by atoms with Crippen LogP contribution in [0.25, 0.3) is 0 Å². The number of piperazine rings is 1. The van der Waals surface area contributed by atoms with E-state index in [1.54, 1.807) is 0 Å². The largest absolute Gasteiger partial charge is 0.356 e. The van der Waals surface area contributed by atoms with Gasteiger partial charge in [0.1, 0.15) is 0 Å². The van der Waals surface area contributed by atoms with Crippen LogP contribution < -0.4 is 10.6 Å². The summed E-state index contributed by atoms with van der Waals surface area (Å²) in [6.45, 7) is 18.0. The van der Waals surface area contributed by atoms with Gasteiger partial charge < -0.3 is 20.4 Å². The summed E-state index contributed by atoms with van der Waals surface area (Å²) < 4.78 is 0. The van der Waals surface area contributed by atoms with Crippen molar-refractivity contribution in [3.05, 3.63) is 34.9 Å². The molecule has 1 aliphatic rings. The van der Waals surface area contributed by atoms with E-state index in [9.17, 15) is 0 Å². The van der Waals surface area contributed by atoms with Crippen molar-refractivity contribution in [2.24, 2.45) is 16.3 Å². The van der Waals surface area contributed by atoms with Gasteiger partial charge in [0.05, 0.1) is 0 Å². The van der Waals surface area contributed by atoms with E-state index in [2.05, 4.69) is 65.3 Å². The molecule has 1 fully saturated rings. The van der Waals surface area contributed by atoms with Crippen molar-refractivity contribution < 1.29 is 0 Å². The minimum Gasteiger partial charge on any atom is -0.356 e. The Kier molecular flexibility index (Phi) is 9.73. The van der Waals surface area contributed by atoms with E-state index in [0.29, 0.717) is 5.92 Å². The van der Waals surface area contributed by atoms with Gasteiger partial charge in [-0.2, -0.15) is 0 Å². The zero-order chi connectivity index (χ0) is 21.3. The number of nitrogens with zero attached hydrogens (tertiary/aromatic N) is 3. The first kappa shape index (κ1) is 24.0. The summed E-state index contributed by atoms with van der Waals surface area (Å²) in [5, 5.41) is 7.81. The highest BCUT2D eigenvalue weighted by Crippen LogP contribution is 2.22. The minimum absolute atomic E-state index is 0.104. The number of halogens is 1. The summed E-state index contributed by atoms with van der Waals surface area (Å²) in [6, 6.07) is 8.14. The number of hydrogen-bond donors (Lipinski definition) is 2. The van der Waals surface area contributed by atoms with Crippen molar-refractivity contribution in [3.63, 3.8) is 0 Å². The lowest BCUT2D eigenvalue weighted by molar-refractivity contribution is 0.124. The first-order valence-electron chi connectivity index (χ1n) is 10.9. The van der Waals surface area contributed by atoms with Gasteiger partial charge in [-0.05, 0) is 42.0 Å². The Hall–Kier alpha value is -1.30. The molecular formula is C23H40ClN5. The van der Waals surface area contributed by atoms with Gasteiger partial charge in [0.25, 0.3) is 0 Å². The molecule has 1 aromatic carbocycles. The highest BCUT2D eigenvalue weighted by Gasteiger charge is 2.20. The van der Waals surface area contributed by atoms with Crippen LogP contribution in [0.2, 0.25) is 5.02 Å². The topological polar surface area (TPSA) is 42.9 Å². The third-order valence-corrected chi connectivity index (χ3v) is 5.86. The predicted molar refractivity (Wildman–Crippen MR) is 126 cm³/mol. The third-order valence-electron chi connectivity index (χ3n) is 5.63. The van der Waals surface area contributed by atoms with Crippen LogP contribution in [-0.2, 0) is 6.42 Å². The van der Waals surface area contributed by atoms with Gasteiger partial charge >= 0.3 is 0 Å². The molecule has 1 atom stereocenters. The normalized spacial score (nSPS) is 17.9. The summed E-state index contributed by atoms with van der Waals surface area (Å²) in [7, 11) is 1.84. The van der Waals surface area contributed by atoms with Gasteiger partial charge in [0.15, 0.2) is 5.96 Å². The van der Waals surface area contributed by atoms with Gasteiger partial charge in [-0.3, -0.25) is 4.99 Å². The van der Waals surface area contributed by atoms with Crippen molar-refractivity contribution in [1.29, 1.82) is 0 Å². The lowest BCUT2D eigenvalue weighted by Crippen LogP contribution is -2.49. The molecule has 164 valence electrons. The maximum Gasteiger partial charge on any atom is 0.191 e. The molecule has 0 amide bonds. The molecule has 5 nitrogen and oxygen atoms in total. The quantitative estimate of drug-likeness (QED) is 0.474. The summed E-state index contributed by atoms with van der Waals surface area (Å²) in [5.41, 5.74) is 1.37. The van der Waals surface area contributed by atoms with E-state index in [-0.39, 0.29) is 5.41 Å². The fourth-order valence-electron chi connectivity index (χ4n) is 3.87. The maximum atomic E-state index is 6.13. The highest BCUT2D eigenvalue weighted by atomic mass is 35.5. The van der Waals surface area contributed by atoms with E-state index >= 15 is 0 Å². The Morgan fingerprint density at radius 1 is 1.17 bits per heavy atom. The lowest BCUT2D eigenvalue weighted by atomic mass is 9.86. The summed E-state index contributed by atoms with van der Waals surface area (Å²) in [5.74, 6) is 1.47. The standard InChI is InChI=1S/C23H40ClN5/c1-6-28-10-12-29(13-11-28)17-19(2)16-26-22(25-5)27-18-23(3,4)15-20-8-7-9-21(24)14-20/h7-9,14,19H,6,10-13,15-18H2,1-5H3,(H2,25,26,27). The molecule has 0 aromatic heterocycles. The van der Waals surface area contributed by atoms with Crippen LogP contribution in [0.15, 0.2) is 29.3 Å². The van der Waals surface area contributed by atoms with Crippen molar-refractivity contribution in [2.45, 2.75) is 34.1 Å². The number of guanidine groups is 1. The zero-order valence-electron chi connectivity index (χ0n) is 19.0. The molecule has 1 aliphatic heterocycles. The van der Waals surface area contributed by atoms with Crippen molar-refractivity contribution in [2.75, 3.05) is 59.4 Å². The first-order valence-corrected chi connectivity index (χ1v) is 11.3. The third kappa shape index (κ3) is 8.93. The molecule has 0 radical (unpaired) electrons. The Morgan fingerprint density at radius 2 is 1.86 bits per heavy atom. The van der Waals surface area contributed by atoms with Crippen LogP contribution in [0.4, 0.5) is 0 Å². The van der Waals surface area contributed by atoms with E-state index in [4.69, 9.17) is 11.6 Å². The second-order valence-corrected chi connectivity index (χ2v) is 9.55. The number of rotatable bonds is 9. The molecule has 29 heavy (non-hydrogen) atoms. The Bertz CT molecular complexity index is 638. The summed E-state index contributed by atoms with van der Waals surface area (Å²) >= 11 is 6.13. The second-order valence-electron chi connectivity index (χ2n) is 9.12. The van der Waals surface area contributed by atoms with E-state index in [1.165, 1.54) is 38.3 Å². The molecule has 0 spiro atoms. The summed E-state index contributed by atoms with van der Waals surface area (Å²) in [4.78, 5) is 9.52. The molecule has 1 aromatic rings. The molecule has 2 N–H and O–H groups in total. The van der Waals surface area contributed by atoms with Gasteiger partial charge in [-0.25, -0.2) is 0 Å². The SMILES string of the molecule is CCN1CCN(CC(C)CNC(=NC)NCC(C)(C)Cc2cccc(Cl)c2)CC1. The van der Waals surface area contributed by atoms with Gasteiger partial charge in [0, 0.05) is 57.9 Å². The molecule has 1 saturated heterocycles. The molecule has 0 saturated carbocycles.